The molecular formula is C16H14O. The molecule has 0 aliphatic heterocycles. The lowest BCUT2D eigenvalue weighted by Gasteiger charge is -2.23. The van der Waals surface area contributed by atoms with Crippen molar-refractivity contribution in [2.75, 3.05) is 0 Å². The van der Waals surface area contributed by atoms with Crippen LogP contribution in [0, 0.1) is 19.3 Å². The van der Waals surface area contributed by atoms with Crippen molar-refractivity contribution in [3.05, 3.63) is 71.3 Å². The third-order valence-electron chi connectivity index (χ3n) is 2.87. The van der Waals surface area contributed by atoms with Crippen molar-refractivity contribution in [1.82, 2.24) is 0 Å². The van der Waals surface area contributed by atoms with Crippen LogP contribution in [0.15, 0.2) is 54.6 Å². The van der Waals surface area contributed by atoms with Crippen molar-refractivity contribution in [2.24, 2.45) is 0 Å². The normalized spacial score (nSPS) is 13.7. The second-order valence-corrected chi connectivity index (χ2v) is 4.09. The molecule has 0 aromatic heterocycles. The first kappa shape index (κ1) is 11.4. The highest BCUT2D eigenvalue weighted by Crippen LogP contribution is 2.28. The summed E-state index contributed by atoms with van der Waals surface area (Å²) in [5.74, 6) is 2.49. The maximum atomic E-state index is 10.6. The van der Waals surface area contributed by atoms with E-state index in [0.717, 1.165) is 11.1 Å². The molecule has 1 N–H and O–H groups in total. The van der Waals surface area contributed by atoms with Gasteiger partial charge in [0.25, 0.3) is 0 Å². The molecule has 2 aromatic rings. The lowest BCUT2D eigenvalue weighted by Crippen LogP contribution is -2.24. The van der Waals surface area contributed by atoms with Crippen molar-refractivity contribution in [1.29, 1.82) is 0 Å². The first-order valence-corrected chi connectivity index (χ1v) is 5.49. The van der Waals surface area contributed by atoms with E-state index in [0.29, 0.717) is 5.56 Å². The minimum absolute atomic E-state index is 0.714. The predicted molar refractivity (Wildman–Crippen MR) is 69.5 cm³/mol. The molecule has 0 bridgehead atoms. The van der Waals surface area contributed by atoms with Crippen molar-refractivity contribution >= 4 is 0 Å². The zero-order chi connectivity index (χ0) is 12.3. The van der Waals surface area contributed by atoms with E-state index in [4.69, 9.17) is 6.42 Å². The molecule has 84 valence electrons. The van der Waals surface area contributed by atoms with E-state index in [1.807, 2.05) is 61.5 Å². The molecule has 0 aliphatic rings. The number of hydrogen-bond acceptors (Lipinski definition) is 1. The summed E-state index contributed by atoms with van der Waals surface area (Å²) in [6.07, 6.45) is 5.51. The van der Waals surface area contributed by atoms with Crippen molar-refractivity contribution < 1.29 is 5.11 Å². The summed E-state index contributed by atoms with van der Waals surface area (Å²) in [5.41, 5.74) is 1.22. The van der Waals surface area contributed by atoms with E-state index >= 15 is 0 Å². The lowest BCUT2D eigenvalue weighted by atomic mass is 9.87. The minimum atomic E-state index is -1.35. The monoisotopic (exact) mass is 222 g/mol. The fourth-order valence-electron chi connectivity index (χ4n) is 1.81. The zero-order valence-electron chi connectivity index (χ0n) is 9.72. The summed E-state index contributed by atoms with van der Waals surface area (Å²) in [7, 11) is 0. The van der Waals surface area contributed by atoms with Gasteiger partial charge in [0.2, 0.25) is 0 Å². The van der Waals surface area contributed by atoms with Crippen LogP contribution in [0.5, 0.6) is 0 Å². The van der Waals surface area contributed by atoms with Crippen LogP contribution in [0.25, 0.3) is 0 Å². The molecule has 0 radical (unpaired) electrons. The molecule has 1 atom stereocenters. The minimum Gasteiger partial charge on any atom is -0.369 e. The second kappa shape index (κ2) is 4.45. The van der Waals surface area contributed by atoms with Gasteiger partial charge in [0, 0.05) is 11.1 Å². The van der Waals surface area contributed by atoms with E-state index in [2.05, 4.69) is 5.92 Å². The Bertz CT molecular complexity index is 534. The predicted octanol–water partition coefficient (Wildman–Crippen LogP) is 2.86. The van der Waals surface area contributed by atoms with Crippen LogP contribution in [0.3, 0.4) is 0 Å². The van der Waals surface area contributed by atoms with Gasteiger partial charge in [-0.3, -0.25) is 0 Å². The standard InChI is InChI=1S/C16H14O/c1-3-16(17,14-7-5-4-6-8-14)15-11-9-13(2)10-12-15/h1,4-12,17H,2H3. The average molecular weight is 222 g/mol. The Balaban J connectivity index is 2.53. The first-order valence-electron chi connectivity index (χ1n) is 5.49. The van der Waals surface area contributed by atoms with Crippen LogP contribution in [-0.2, 0) is 5.60 Å². The number of hydrogen-bond donors (Lipinski definition) is 1. The summed E-state index contributed by atoms with van der Waals surface area (Å²) in [6.45, 7) is 2.00. The van der Waals surface area contributed by atoms with Gasteiger partial charge < -0.3 is 5.11 Å². The SMILES string of the molecule is C#CC(O)(c1ccccc1)c1ccc(C)cc1. The molecule has 0 amide bonds. The van der Waals surface area contributed by atoms with E-state index in [1.165, 1.54) is 0 Å². The molecule has 17 heavy (non-hydrogen) atoms. The van der Waals surface area contributed by atoms with Gasteiger partial charge in [0.15, 0.2) is 5.60 Å². The molecule has 1 nitrogen and oxygen atoms in total. The molecule has 0 fully saturated rings. The fraction of sp³-hybridized carbons (Fsp3) is 0.125. The van der Waals surface area contributed by atoms with Crippen LogP contribution < -0.4 is 0 Å². The maximum Gasteiger partial charge on any atom is 0.176 e. The molecule has 0 aliphatic carbocycles. The van der Waals surface area contributed by atoms with Gasteiger partial charge in [-0.05, 0) is 6.92 Å². The van der Waals surface area contributed by atoms with Gasteiger partial charge in [-0.25, -0.2) is 0 Å². The average Bonchev–Trinajstić information content (AvgIpc) is 2.40. The van der Waals surface area contributed by atoms with E-state index in [1.54, 1.807) is 0 Å². The number of terminal acetylenes is 1. The van der Waals surface area contributed by atoms with Crippen LogP contribution >= 0.6 is 0 Å². The summed E-state index contributed by atoms with van der Waals surface area (Å²) in [4.78, 5) is 0. The van der Waals surface area contributed by atoms with Crippen molar-refractivity contribution in [2.45, 2.75) is 12.5 Å². The molecule has 0 saturated heterocycles. The summed E-state index contributed by atoms with van der Waals surface area (Å²) in [5, 5.41) is 10.6. The topological polar surface area (TPSA) is 20.2 Å². The third kappa shape index (κ3) is 2.08. The van der Waals surface area contributed by atoms with Gasteiger partial charge >= 0.3 is 0 Å². The molecule has 2 aromatic carbocycles. The maximum absolute atomic E-state index is 10.6. The Kier molecular flexibility index (Phi) is 2.99. The van der Waals surface area contributed by atoms with Crippen LogP contribution in [0.4, 0.5) is 0 Å². The zero-order valence-corrected chi connectivity index (χ0v) is 9.72. The highest BCUT2D eigenvalue weighted by atomic mass is 16.3. The highest BCUT2D eigenvalue weighted by Gasteiger charge is 2.28. The Morgan fingerprint density at radius 1 is 0.941 bits per heavy atom. The Labute approximate surface area is 102 Å². The van der Waals surface area contributed by atoms with E-state index in [-0.39, 0.29) is 0 Å². The Morgan fingerprint density at radius 3 is 2.00 bits per heavy atom. The third-order valence-corrected chi connectivity index (χ3v) is 2.87. The van der Waals surface area contributed by atoms with Crippen LogP contribution in [-0.4, -0.2) is 5.11 Å². The van der Waals surface area contributed by atoms with Gasteiger partial charge in [0.05, 0.1) is 0 Å². The molecule has 0 saturated carbocycles. The largest absolute Gasteiger partial charge is 0.369 e. The Hall–Kier alpha value is -2.04. The Morgan fingerprint density at radius 2 is 1.47 bits per heavy atom. The molecule has 1 unspecified atom stereocenters. The van der Waals surface area contributed by atoms with Gasteiger partial charge in [-0.15, -0.1) is 6.42 Å². The first-order chi connectivity index (χ1) is 8.16. The van der Waals surface area contributed by atoms with Gasteiger partial charge in [0.1, 0.15) is 0 Å². The van der Waals surface area contributed by atoms with E-state index in [9.17, 15) is 5.11 Å². The fourth-order valence-corrected chi connectivity index (χ4v) is 1.81. The van der Waals surface area contributed by atoms with E-state index < -0.39 is 5.60 Å². The number of rotatable bonds is 2. The number of aryl methyl sites for hydroxylation is 1. The number of aliphatic hydroxyl groups is 1. The molecular weight excluding hydrogens is 208 g/mol. The smallest absolute Gasteiger partial charge is 0.176 e. The molecule has 0 spiro atoms. The van der Waals surface area contributed by atoms with Gasteiger partial charge in [-0.2, -0.15) is 0 Å². The molecule has 0 heterocycles. The molecule has 1 heteroatoms. The quantitative estimate of drug-likeness (QED) is 0.775. The second-order valence-electron chi connectivity index (χ2n) is 4.09. The highest BCUT2D eigenvalue weighted by molar-refractivity contribution is 5.43. The van der Waals surface area contributed by atoms with Crippen LogP contribution in [0.2, 0.25) is 0 Å². The summed E-state index contributed by atoms with van der Waals surface area (Å²) < 4.78 is 0. The molecule has 2 rings (SSSR count). The summed E-state index contributed by atoms with van der Waals surface area (Å²) >= 11 is 0. The number of benzene rings is 2. The lowest BCUT2D eigenvalue weighted by molar-refractivity contribution is 0.145. The van der Waals surface area contributed by atoms with Crippen LogP contribution in [0.1, 0.15) is 16.7 Å². The van der Waals surface area contributed by atoms with Crippen molar-refractivity contribution in [3.8, 4) is 12.3 Å². The summed E-state index contributed by atoms with van der Waals surface area (Å²) in [6, 6.07) is 16.9. The van der Waals surface area contributed by atoms with Crippen molar-refractivity contribution in [3.63, 3.8) is 0 Å². The van der Waals surface area contributed by atoms with Gasteiger partial charge in [-0.1, -0.05) is 66.1 Å².